The number of rotatable bonds is 6. The van der Waals surface area contributed by atoms with Gasteiger partial charge in [-0.25, -0.2) is 4.98 Å². The minimum atomic E-state index is 0.383. The largest absolute Gasteiger partial charge is 0.396 e. The zero-order valence-corrected chi connectivity index (χ0v) is 10.8. The van der Waals surface area contributed by atoms with Gasteiger partial charge >= 0.3 is 0 Å². The van der Waals surface area contributed by atoms with E-state index in [9.17, 15) is 0 Å². The van der Waals surface area contributed by atoms with Crippen molar-refractivity contribution in [1.29, 1.82) is 0 Å². The van der Waals surface area contributed by atoms with Crippen molar-refractivity contribution >= 4 is 17.3 Å². The maximum Gasteiger partial charge on any atom is 0.149 e. The molecule has 5 nitrogen and oxygen atoms in total. The lowest BCUT2D eigenvalue weighted by molar-refractivity contribution is 0.203. The van der Waals surface area contributed by atoms with Crippen molar-refractivity contribution in [2.45, 2.75) is 26.3 Å². The molecule has 0 aliphatic heterocycles. The molecule has 1 rings (SSSR count). The van der Waals surface area contributed by atoms with Crippen LogP contribution in [0.15, 0.2) is 12.1 Å². The van der Waals surface area contributed by atoms with Gasteiger partial charge in [-0.2, -0.15) is 0 Å². The van der Waals surface area contributed by atoms with Crippen LogP contribution in [0.4, 0.5) is 17.3 Å². The van der Waals surface area contributed by atoms with Gasteiger partial charge in [-0.1, -0.05) is 6.92 Å². The minimum absolute atomic E-state index is 0.383. The molecule has 1 aromatic heterocycles. The van der Waals surface area contributed by atoms with Gasteiger partial charge in [0.15, 0.2) is 0 Å². The van der Waals surface area contributed by atoms with E-state index in [1.165, 1.54) is 0 Å². The quantitative estimate of drug-likeness (QED) is 0.785. The fourth-order valence-electron chi connectivity index (χ4n) is 1.61. The number of ether oxygens (including phenoxy) is 1. The minimum Gasteiger partial charge on any atom is -0.396 e. The molecule has 1 atom stereocenters. The summed E-state index contributed by atoms with van der Waals surface area (Å²) in [4.78, 5) is 6.50. The average molecular weight is 238 g/mol. The van der Waals surface area contributed by atoms with E-state index >= 15 is 0 Å². The van der Waals surface area contributed by atoms with E-state index in [2.05, 4.69) is 23.7 Å². The van der Waals surface area contributed by atoms with Crippen LogP contribution in [0.25, 0.3) is 0 Å². The highest BCUT2D eigenvalue weighted by Crippen LogP contribution is 2.20. The summed E-state index contributed by atoms with van der Waals surface area (Å²) in [5, 5.41) is 0. The van der Waals surface area contributed by atoms with E-state index in [1.807, 2.05) is 6.07 Å². The Morgan fingerprint density at radius 2 is 2.12 bits per heavy atom. The van der Waals surface area contributed by atoms with Crippen molar-refractivity contribution in [1.82, 2.24) is 4.98 Å². The Kier molecular flexibility index (Phi) is 5.03. The van der Waals surface area contributed by atoms with Crippen molar-refractivity contribution in [3.8, 4) is 0 Å². The second-order valence-electron chi connectivity index (χ2n) is 4.09. The number of hydrogen-bond acceptors (Lipinski definition) is 5. The maximum atomic E-state index is 5.73. The third-order valence-corrected chi connectivity index (χ3v) is 2.90. The first-order chi connectivity index (χ1) is 8.10. The van der Waals surface area contributed by atoms with Gasteiger partial charge in [-0.3, -0.25) is 0 Å². The van der Waals surface area contributed by atoms with Crippen molar-refractivity contribution < 1.29 is 4.74 Å². The number of nitrogens with two attached hydrogens (primary N) is 2. The SMILES string of the molecule is CCC(C)N(CCOC)c1ccc(N)c(N)n1. The van der Waals surface area contributed by atoms with Crippen LogP contribution in [0.2, 0.25) is 0 Å². The molecule has 0 saturated carbocycles. The summed E-state index contributed by atoms with van der Waals surface area (Å²) >= 11 is 0. The summed E-state index contributed by atoms with van der Waals surface area (Å²) in [6.45, 7) is 5.76. The Hall–Kier alpha value is -1.49. The average Bonchev–Trinajstić information content (AvgIpc) is 2.33. The highest BCUT2D eigenvalue weighted by Gasteiger charge is 2.14. The van der Waals surface area contributed by atoms with Crippen LogP contribution in [0.3, 0.4) is 0 Å². The van der Waals surface area contributed by atoms with Crippen molar-refractivity contribution in [2.75, 3.05) is 36.6 Å². The van der Waals surface area contributed by atoms with E-state index in [0.717, 1.165) is 18.8 Å². The third kappa shape index (κ3) is 3.49. The Morgan fingerprint density at radius 1 is 1.41 bits per heavy atom. The monoisotopic (exact) mass is 238 g/mol. The standard InChI is InChI=1S/C12H22N4O/c1-4-9(2)16(7-8-17-3)11-6-5-10(13)12(14)15-11/h5-6,9H,4,7-8,13H2,1-3H3,(H2,14,15). The molecule has 1 heterocycles. The predicted octanol–water partition coefficient (Wildman–Crippen LogP) is 1.50. The molecule has 0 aliphatic rings. The summed E-state index contributed by atoms with van der Waals surface area (Å²) in [5.41, 5.74) is 11.9. The number of hydrogen-bond donors (Lipinski definition) is 2. The van der Waals surface area contributed by atoms with Crippen molar-refractivity contribution in [3.63, 3.8) is 0 Å². The lowest BCUT2D eigenvalue weighted by atomic mass is 10.2. The zero-order chi connectivity index (χ0) is 12.8. The molecule has 0 bridgehead atoms. The molecule has 0 fully saturated rings. The number of anilines is 3. The first kappa shape index (κ1) is 13.6. The molecule has 1 unspecified atom stereocenters. The van der Waals surface area contributed by atoms with Crippen molar-refractivity contribution in [2.24, 2.45) is 0 Å². The molecule has 0 aliphatic carbocycles. The Balaban J connectivity index is 2.91. The fourth-order valence-corrected chi connectivity index (χ4v) is 1.61. The summed E-state index contributed by atoms with van der Waals surface area (Å²) in [6.07, 6.45) is 1.04. The predicted molar refractivity (Wildman–Crippen MR) is 72.0 cm³/mol. The summed E-state index contributed by atoms with van der Waals surface area (Å²) in [7, 11) is 1.69. The summed E-state index contributed by atoms with van der Waals surface area (Å²) < 4.78 is 5.12. The number of nitrogens with zero attached hydrogens (tertiary/aromatic N) is 2. The lowest BCUT2D eigenvalue weighted by Gasteiger charge is -2.29. The first-order valence-electron chi connectivity index (χ1n) is 5.87. The highest BCUT2D eigenvalue weighted by molar-refractivity contribution is 5.62. The van der Waals surface area contributed by atoms with E-state index in [4.69, 9.17) is 16.2 Å². The molecule has 0 radical (unpaired) electrons. The van der Waals surface area contributed by atoms with Crippen LogP contribution in [0.1, 0.15) is 20.3 Å². The van der Waals surface area contributed by atoms with E-state index in [1.54, 1.807) is 13.2 Å². The summed E-state index contributed by atoms with van der Waals surface area (Å²) in [6, 6.07) is 4.08. The number of aromatic nitrogens is 1. The number of methoxy groups -OCH3 is 1. The van der Waals surface area contributed by atoms with Gasteiger partial charge in [0, 0.05) is 19.7 Å². The number of nitrogen functional groups attached to an aromatic ring is 2. The van der Waals surface area contributed by atoms with Gasteiger partial charge < -0.3 is 21.1 Å². The molecule has 0 amide bonds. The van der Waals surface area contributed by atoms with Gasteiger partial charge in [0.2, 0.25) is 0 Å². The molecule has 1 aromatic rings. The van der Waals surface area contributed by atoms with Crippen molar-refractivity contribution in [3.05, 3.63) is 12.1 Å². The molecular weight excluding hydrogens is 216 g/mol. The smallest absolute Gasteiger partial charge is 0.149 e. The topological polar surface area (TPSA) is 77.4 Å². The molecule has 0 spiro atoms. The Labute approximate surface area is 103 Å². The molecule has 4 N–H and O–H groups in total. The van der Waals surface area contributed by atoms with Crippen LogP contribution in [-0.4, -0.2) is 31.3 Å². The molecule has 96 valence electrons. The second kappa shape index (κ2) is 6.30. The van der Waals surface area contributed by atoms with Crippen LogP contribution < -0.4 is 16.4 Å². The normalized spacial score (nSPS) is 12.4. The Bertz CT molecular complexity index is 356. The molecule has 17 heavy (non-hydrogen) atoms. The van der Waals surface area contributed by atoms with Crippen LogP contribution in [0.5, 0.6) is 0 Å². The van der Waals surface area contributed by atoms with E-state index in [0.29, 0.717) is 24.2 Å². The second-order valence-corrected chi connectivity index (χ2v) is 4.09. The maximum absolute atomic E-state index is 5.73. The molecule has 0 aromatic carbocycles. The van der Waals surface area contributed by atoms with Gasteiger partial charge in [0.05, 0.1) is 12.3 Å². The van der Waals surface area contributed by atoms with Crippen LogP contribution >= 0.6 is 0 Å². The summed E-state index contributed by atoms with van der Waals surface area (Å²) in [5.74, 6) is 1.23. The highest BCUT2D eigenvalue weighted by atomic mass is 16.5. The number of pyridine rings is 1. The lowest BCUT2D eigenvalue weighted by Crippen LogP contribution is -2.36. The third-order valence-electron chi connectivity index (χ3n) is 2.90. The van der Waals surface area contributed by atoms with Crippen LogP contribution in [-0.2, 0) is 4.74 Å². The first-order valence-corrected chi connectivity index (χ1v) is 5.87. The molecule has 5 heteroatoms. The van der Waals surface area contributed by atoms with Crippen LogP contribution in [0, 0.1) is 0 Å². The van der Waals surface area contributed by atoms with Gasteiger partial charge in [0.1, 0.15) is 11.6 Å². The fraction of sp³-hybridized carbons (Fsp3) is 0.583. The van der Waals surface area contributed by atoms with E-state index < -0.39 is 0 Å². The molecular formula is C12H22N4O. The van der Waals surface area contributed by atoms with E-state index in [-0.39, 0.29) is 0 Å². The Morgan fingerprint density at radius 3 is 2.65 bits per heavy atom. The van der Waals surface area contributed by atoms with Gasteiger partial charge in [0.25, 0.3) is 0 Å². The zero-order valence-electron chi connectivity index (χ0n) is 10.8. The van der Waals surface area contributed by atoms with Gasteiger partial charge in [-0.15, -0.1) is 0 Å². The van der Waals surface area contributed by atoms with Gasteiger partial charge in [-0.05, 0) is 25.5 Å². The molecule has 0 saturated heterocycles.